The molecule has 7 nitrogen and oxygen atoms in total. The summed E-state index contributed by atoms with van der Waals surface area (Å²) < 4.78 is 86.8. The van der Waals surface area contributed by atoms with E-state index in [0.29, 0.717) is 18.6 Å². The van der Waals surface area contributed by atoms with Crippen LogP contribution in [0.1, 0.15) is 47.2 Å². The van der Waals surface area contributed by atoms with Gasteiger partial charge in [0.05, 0.1) is 33.9 Å². The van der Waals surface area contributed by atoms with Crippen LogP contribution in [0.2, 0.25) is 5.02 Å². The molecule has 0 unspecified atom stereocenters. The number of carbonyl (C=O) groups excluding carboxylic acids is 3. The summed E-state index contributed by atoms with van der Waals surface area (Å²) in [5, 5.41) is 6.55. The number of nitrogens with one attached hydrogen (secondary N) is 3. The van der Waals surface area contributed by atoms with E-state index in [1.807, 2.05) is 12.2 Å². The van der Waals surface area contributed by atoms with Crippen LogP contribution in [0.5, 0.6) is 0 Å². The van der Waals surface area contributed by atoms with Gasteiger partial charge in [-0.2, -0.15) is 13.2 Å². The predicted octanol–water partition coefficient (Wildman–Crippen LogP) is 8.06. The summed E-state index contributed by atoms with van der Waals surface area (Å²) >= 11 is 18.6. The Labute approximate surface area is 284 Å². The molecule has 0 bridgehead atoms. The van der Waals surface area contributed by atoms with Gasteiger partial charge in [-0.3, -0.25) is 14.4 Å². The van der Waals surface area contributed by atoms with E-state index < -0.39 is 80.6 Å². The Balaban J connectivity index is 1.29. The van der Waals surface area contributed by atoms with E-state index in [0.717, 1.165) is 30.7 Å². The molecule has 2 aliphatic rings. The third kappa shape index (κ3) is 7.52. The van der Waals surface area contributed by atoms with Gasteiger partial charge in [-0.05, 0) is 73.7 Å². The first-order chi connectivity index (χ1) is 22.5. The van der Waals surface area contributed by atoms with E-state index in [1.54, 1.807) is 0 Å². The third-order valence-corrected chi connectivity index (χ3v) is 8.90. The number of alkyl halides is 5. The number of rotatable bonds is 6. The first-order valence-corrected chi connectivity index (χ1v) is 15.2. The summed E-state index contributed by atoms with van der Waals surface area (Å²) in [7, 11) is 0. The summed E-state index contributed by atoms with van der Waals surface area (Å²) in [5.41, 5.74) is -3.36. The van der Waals surface area contributed by atoms with Crippen LogP contribution in [0.25, 0.3) is 0 Å². The summed E-state index contributed by atoms with van der Waals surface area (Å²) in [6.07, 6.45) is -4.17. The van der Waals surface area contributed by atoms with Crippen molar-refractivity contribution in [2.24, 2.45) is 5.92 Å². The molecule has 48 heavy (non-hydrogen) atoms. The topological polar surface area (TPSA) is 96.5 Å². The van der Waals surface area contributed by atoms with Gasteiger partial charge < -0.3 is 20.7 Å². The third-order valence-electron chi connectivity index (χ3n) is 7.63. The van der Waals surface area contributed by atoms with Crippen molar-refractivity contribution in [2.75, 3.05) is 16.0 Å². The molecule has 16 heteroatoms. The fourth-order valence-corrected chi connectivity index (χ4v) is 6.20. The number of amides is 3. The lowest BCUT2D eigenvalue weighted by atomic mass is 10.0. The van der Waals surface area contributed by atoms with Gasteiger partial charge in [-0.1, -0.05) is 23.6 Å². The molecule has 252 valence electrons. The molecule has 2 fully saturated rings. The van der Waals surface area contributed by atoms with E-state index in [2.05, 4.69) is 22.5 Å². The molecule has 3 amide bonds. The van der Waals surface area contributed by atoms with Gasteiger partial charge in [0.25, 0.3) is 5.91 Å². The van der Waals surface area contributed by atoms with Gasteiger partial charge in [0.2, 0.25) is 5.91 Å². The summed E-state index contributed by atoms with van der Waals surface area (Å²) in [4.78, 5) is 38.4. The van der Waals surface area contributed by atoms with E-state index in [1.165, 1.54) is 12.1 Å². The van der Waals surface area contributed by atoms with Crippen LogP contribution in [0, 0.1) is 35.2 Å². The van der Waals surface area contributed by atoms with Gasteiger partial charge in [0.1, 0.15) is 27.8 Å². The molecular formula is C32H22Cl3F6N3O4. The molecule has 3 aromatic rings. The average Bonchev–Trinajstić information content (AvgIpc) is 3.34. The normalized spacial score (nSPS) is 21.1. The minimum absolute atomic E-state index is 0.0221. The molecule has 0 radical (unpaired) electrons. The number of hydrogen-bond donors (Lipinski definition) is 3. The van der Waals surface area contributed by atoms with Crippen LogP contribution >= 0.6 is 34.8 Å². The maximum absolute atomic E-state index is 15.2. The van der Waals surface area contributed by atoms with Crippen LogP contribution in [0.4, 0.5) is 43.4 Å². The lowest BCUT2D eigenvalue weighted by molar-refractivity contribution is -0.140. The van der Waals surface area contributed by atoms with Crippen molar-refractivity contribution in [1.29, 1.82) is 0 Å². The monoisotopic (exact) mass is 731 g/mol. The zero-order chi connectivity index (χ0) is 35.1. The Hall–Kier alpha value is -3.96. The zero-order valence-corrected chi connectivity index (χ0v) is 26.6. The second-order valence-electron chi connectivity index (χ2n) is 11.0. The van der Waals surface area contributed by atoms with Gasteiger partial charge in [-0.15, -0.1) is 23.2 Å². The highest BCUT2D eigenvalue weighted by Crippen LogP contribution is 2.65. The number of anilines is 3. The first kappa shape index (κ1) is 35.3. The van der Waals surface area contributed by atoms with Gasteiger partial charge in [0.15, 0.2) is 5.82 Å². The molecule has 1 aliphatic carbocycles. The predicted molar refractivity (Wildman–Crippen MR) is 166 cm³/mol. The number of benzene rings is 3. The number of ether oxygens (including phenoxy) is 1. The molecule has 3 aromatic carbocycles. The fraction of sp³-hybridized carbons (Fsp3) is 0.281. The highest BCUT2D eigenvalue weighted by atomic mass is 35.5. The molecule has 4 atom stereocenters. The largest absolute Gasteiger partial charge is 0.419 e. The summed E-state index contributed by atoms with van der Waals surface area (Å²) in [6.45, 7) is 1.85. The van der Waals surface area contributed by atoms with Crippen LogP contribution in [-0.4, -0.2) is 34.3 Å². The Morgan fingerprint density at radius 1 is 0.938 bits per heavy atom. The second-order valence-corrected chi connectivity index (χ2v) is 12.9. The standard InChI is InChI=1S/C32H22Cl3F6N3O4/c1-14-2-5-17(48-14)6-11-24(45)44-28-22(37)9-10-23(27(28)38)43-29(46)18-13-16(4-7-20(18)33)42-30(47)26-25(31(26,34)35)15-3-8-21(36)19(12-15)32(39,40)41/h3-4,7-10,12-14,17,25-26H,2,5H2,1H3,(H,42,47)(H,43,46)(H,44,45)/t14-,17-,25-,26+/m0/s1. The highest BCUT2D eigenvalue weighted by Gasteiger charge is 2.67. The van der Waals surface area contributed by atoms with Crippen molar-refractivity contribution in [2.45, 2.75) is 48.4 Å². The summed E-state index contributed by atoms with van der Waals surface area (Å²) in [5.74, 6) is -4.38. The first-order valence-electron chi connectivity index (χ1n) is 14.1. The molecule has 1 saturated heterocycles. The van der Waals surface area contributed by atoms with Gasteiger partial charge in [-0.25, -0.2) is 13.2 Å². The Kier molecular flexibility index (Phi) is 9.95. The highest BCUT2D eigenvalue weighted by molar-refractivity contribution is 6.53. The van der Waals surface area contributed by atoms with Crippen LogP contribution < -0.4 is 16.0 Å². The van der Waals surface area contributed by atoms with Crippen molar-refractivity contribution in [3.8, 4) is 11.8 Å². The van der Waals surface area contributed by atoms with Crippen LogP contribution in [-0.2, 0) is 20.5 Å². The molecule has 5 rings (SSSR count). The van der Waals surface area contributed by atoms with E-state index >= 15 is 4.39 Å². The Morgan fingerprint density at radius 3 is 2.31 bits per heavy atom. The summed E-state index contributed by atoms with van der Waals surface area (Å²) in [6, 6.07) is 7.51. The molecular weight excluding hydrogens is 711 g/mol. The van der Waals surface area contributed by atoms with Crippen molar-refractivity contribution in [3.63, 3.8) is 0 Å². The Bertz CT molecular complexity index is 1880. The van der Waals surface area contributed by atoms with Crippen molar-refractivity contribution in [3.05, 3.63) is 87.7 Å². The number of carbonyl (C=O) groups is 3. The lowest BCUT2D eigenvalue weighted by Gasteiger charge is -2.13. The average molecular weight is 733 g/mol. The number of halogens is 9. The SMILES string of the molecule is C[C@H]1CC[C@@H](C#CC(=O)Nc2c(F)ccc(NC(=O)c3cc(NC(=O)[C@H]4[C@H](c5ccc(F)c(C(F)(F)F)c5)C4(Cl)Cl)ccc3Cl)c2F)O1. The lowest BCUT2D eigenvalue weighted by Crippen LogP contribution is -2.19. The van der Waals surface area contributed by atoms with E-state index in [9.17, 15) is 36.3 Å². The van der Waals surface area contributed by atoms with Gasteiger partial charge >= 0.3 is 12.1 Å². The quantitative estimate of drug-likeness (QED) is 0.136. The molecule has 3 N–H and O–H groups in total. The Morgan fingerprint density at radius 2 is 1.65 bits per heavy atom. The van der Waals surface area contributed by atoms with Gasteiger partial charge in [0, 0.05) is 11.6 Å². The van der Waals surface area contributed by atoms with Crippen LogP contribution in [0.15, 0.2) is 48.5 Å². The van der Waals surface area contributed by atoms with Crippen LogP contribution in [0.3, 0.4) is 0 Å². The molecule has 1 saturated carbocycles. The number of hydrogen-bond acceptors (Lipinski definition) is 4. The molecule has 1 aliphatic heterocycles. The fourth-order valence-electron chi connectivity index (χ4n) is 5.17. The smallest absolute Gasteiger partial charge is 0.363 e. The minimum Gasteiger partial charge on any atom is -0.363 e. The maximum atomic E-state index is 15.2. The molecule has 0 spiro atoms. The van der Waals surface area contributed by atoms with E-state index in [4.69, 9.17) is 39.5 Å². The minimum atomic E-state index is -5.00. The van der Waals surface area contributed by atoms with E-state index in [-0.39, 0.29) is 27.9 Å². The van der Waals surface area contributed by atoms with Crippen molar-refractivity contribution in [1.82, 2.24) is 0 Å². The van der Waals surface area contributed by atoms with Crippen molar-refractivity contribution < 1.29 is 45.5 Å². The molecule has 1 heterocycles. The zero-order valence-electron chi connectivity index (χ0n) is 24.4. The second kappa shape index (κ2) is 13.5. The van der Waals surface area contributed by atoms with Crippen molar-refractivity contribution >= 4 is 69.6 Å². The molecule has 0 aromatic heterocycles. The maximum Gasteiger partial charge on any atom is 0.419 e.